The first kappa shape index (κ1) is 8.10. The zero-order chi connectivity index (χ0) is 8.43. The van der Waals surface area contributed by atoms with Gasteiger partial charge in [0.2, 0.25) is 5.82 Å². The van der Waals surface area contributed by atoms with Crippen LogP contribution in [0.25, 0.3) is 0 Å². The number of nitrogens with zero attached hydrogens (tertiary/aromatic N) is 3. The largest absolute Gasteiger partial charge is 0.299 e. The van der Waals surface area contributed by atoms with Gasteiger partial charge in [-0.3, -0.25) is 4.68 Å². The fraction of sp³-hybridized carbons (Fsp3) is 0.667. The minimum Gasteiger partial charge on any atom is -0.253 e. The minimum absolute atomic E-state index is 0.385. The summed E-state index contributed by atoms with van der Waals surface area (Å²) >= 11 is 0. The number of aromatic nitrogens is 3. The van der Waals surface area contributed by atoms with E-state index in [-0.39, 0.29) is 5.82 Å². The molecule has 0 aliphatic rings. The van der Waals surface area contributed by atoms with Crippen molar-refractivity contribution < 1.29 is 8.78 Å². The Kier molecular flexibility index (Phi) is 2.16. The highest BCUT2D eigenvalue weighted by atomic mass is 19.3. The van der Waals surface area contributed by atoms with Crippen molar-refractivity contribution in [3.63, 3.8) is 0 Å². The molecule has 0 atom stereocenters. The van der Waals surface area contributed by atoms with Gasteiger partial charge in [-0.25, -0.2) is 13.8 Å². The highest BCUT2D eigenvalue weighted by Gasteiger charge is 2.14. The number of hydrogen-bond acceptors (Lipinski definition) is 2. The molecule has 5 heteroatoms. The lowest BCUT2D eigenvalue weighted by molar-refractivity contribution is 0.140. The Morgan fingerprint density at radius 2 is 2.18 bits per heavy atom. The topological polar surface area (TPSA) is 30.7 Å². The number of alkyl halides is 2. The molecule has 0 aromatic carbocycles. The van der Waals surface area contributed by atoms with Gasteiger partial charge in [-0.1, -0.05) is 6.92 Å². The molecule has 0 radical (unpaired) electrons. The average molecular weight is 161 g/mol. The van der Waals surface area contributed by atoms with Crippen LogP contribution in [0.15, 0.2) is 0 Å². The van der Waals surface area contributed by atoms with Gasteiger partial charge in [0.05, 0.1) is 0 Å². The van der Waals surface area contributed by atoms with Crippen LogP contribution in [0.2, 0.25) is 0 Å². The Labute approximate surface area is 63.0 Å². The molecular formula is C6H9F2N3. The van der Waals surface area contributed by atoms with Crippen molar-refractivity contribution in [2.24, 2.45) is 7.05 Å². The SMILES string of the molecule is CCc1nc(C(F)F)nn1C. The molecule has 0 saturated carbocycles. The van der Waals surface area contributed by atoms with E-state index >= 15 is 0 Å². The zero-order valence-corrected chi connectivity index (χ0v) is 6.38. The quantitative estimate of drug-likeness (QED) is 0.654. The molecule has 0 fully saturated rings. The molecule has 1 rings (SSSR count). The Bertz CT molecular complexity index is 244. The molecule has 1 aromatic rings. The van der Waals surface area contributed by atoms with Crippen LogP contribution in [0, 0.1) is 0 Å². The normalized spacial score (nSPS) is 11.0. The first-order chi connectivity index (χ1) is 5.15. The van der Waals surface area contributed by atoms with Crippen LogP contribution in [-0.2, 0) is 13.5 Å². The smallest absolute Gasteiger partial charge is 0.253 e. The van der Waals surface area contributed by atoms with Crippen molar-refractivity contribution in [3.05, 3.63) is 11.6 Å². The van der Waals surface area contributed by atoms with Gasteiger partial charge in [-0.2, -0.15) is 5.10 Å². The molecule has 11 heavy (non-hydrogen) atoms. The van der Waals surface area contributed by atoms with Gasteiger partial charge in [0.25, 0.3) is 6.43 Å². The summed E-state index contributed by atoms with van der Waals surface area (Å²) in [5.41, 5.74) is 0. The van der Waals surface area contributed by atoms with Gasteiger partial charge in [-0.15, -0.1) is 0 Å². The van der Waals surface area contributed by atoms with Crippen molar-refractivity contribution in [2.45, 2.75) is 19.8 Å². The van der Waals surface area contributed by atoms with Crippen LogP contribution in [-0.4, -0.2) is 14.8 Å². The van der Waals surface area contributed by atoms with Gasteiger partial charge in [0, 0.05) is 13.5 Å². The Morgan fingerprint density at radius 3 is 2.45 bits per heavy atom. The van der Waals surface area contributed by atoms with E-state index in [1.54, 1.807) is 7.05 Å². The van der Waals surface area contributed by atoms with E-state index in [2.05, 4.69) is 10.1 Å². The van der Waals surface area contributed by atoms with Gasteiger partial charge in [0.1, 0.15) is 5.82 Å². The fourth-order valence-electron chi connectivity index (χ4n) is 0.839. The molecule has 0 aliphatic heterocycles. The molecule has 0 bridgehead atoms. The molecule has 62 valence electrons. The second kappa shape index (κ2) is 2.94. The van der Waals surface area contributed by atoms with Crippen LogP contribution in [0.4, 0.5) is 8.78 Å². The lowest BCUT2D eigenvalue weighted by Crippen LogP contribution is -1.96. The molecule has 0 unspecified atom stereocenters. The van der Waals surface area contributed by atoms with E-state index in [4.69, 9.17) is 0 Å². The molecule has 0 spiro atoms. The van der Waals surface area contributed by atoms with Crippen molar-refractivity contribution >= 4 is 0 Å². The summed E-state index contributed by atoms with van der Waals surface area (Å²) in [6, 6.07) is 0. The highest BCUT2D eigenvalue weighted by Crippen LogP contribution is 2.13. The van der Waals surface area contributed by atoms with Gasteiger partial charge in [-0.05, 0) is 0 Å². The van der Waals surface area contributed by atoms with E-state index in [1.807, 2.05) is 6.92 Å². The van der Waals surface area contributed by atoms with Crippen molar-refractivity contribution in [1.82, 2.24) is 14.8 Å². The van der Waals surface area contributed by atoms with Crippen LogP contribution in [0.5, 0.6) is 0 Å². The van der Waals surface area contributed by atoms with Crippen molar-refractivity contribution in [1.29, 1.82) is 0 Å². The summed E-state index contributed by atoms with van der Waals surface area (Å²) in [6.07, 6.45) is -1.95. The lowest BCUT2D eigenvalue weighted by atomic mass is 10.5. The molecule has 0 N–H and O–H groups in total. The van der Waals surface area contributed by atoms with Crippen molar-refractivity contribution in [3.8, 4) is 0 Å². The predicted octanol–water partition coefficient (Wildman–Crippen LogP) is 1.32. The minimum atomic E-state index is -2.57. The zero-order valence-electron chi connectivity index (χ0n) is 6.38. The molecular weight excluding hydrogens is 152 g/mol. The maximum atomic E-state index is 12.0. The second-order valence-electron chi connectivity index (χ2n) is 2.16. The Hall–Kier alpha value is -1.00. The van der Waals surface area contributed by atoms with E-state index in [0.717, 1.165) is 0 Å². The number of aryl methyl sites for hydroxylation is 2. The van der Waals surface area contributed by atoms with Gasteiger partial charge >= 0.3 is 0 Å². The third-order valence-electron chi connectivity index (χ3n) is 1.38. The summed E-state index contributed by atoms with van der Waals surface area (Å²) in [7, 11) is 1.61. The summed E-state index contributed by atoms with van der Waals surface area (Å²) in [6.45, 7) is 1.85. The molecule has 1 heterocycles. The highest BCUT2D eigenvalue weighted by molar-refractivity contribution is 4.92. The summed E-state index contributed by atoms with van der Waals surface area (Å²) in [5, 5.41) is 3.54. The molecule has 0 amide bonds. The first-order valence-corrected chi connectivity index (χ1v) is 3.33. The second-order valence-corrected chi connectivity index (χ2v) is 2.16. The Balaban J connectivity index is 2.95. The molecule has 0 aliphatic carbocycles. The number of hydrogen-bond donors (Lipinski definition) is 0. The summed E-state index contributed by atoms with van der Waals surface area (Å²) in [5.74, 6) is 0.199. The van der Waals surface area contributed by atoms with E-state index in [0.29, 0.717) is 12.2 Å². The lowest BCUT2D eigenvalue weighted by Gasteiger charge is -1.90. The number of halogens is 2. The summed E-state index contributed by atoms with van der Waals surface area (Å²) < 4.78 is 25.3. The Morgan fingerprint density at radius 1 is 1.55 bits per heavy atom. The molecule has 1 aromatic heterocycles. The van der Waals surface area contributed by atoms with Crippen LogP contribution < -0.4 is 0 Å². The first-order valence-electron chi connectivity index (χ1n) is 3.33. The third-order valence-corrected chi connectivity index (χ3v) is 1.38. The van der Waals surface area contributed by atoms with Crippen LogP contribution >= 0.6 is 0 Å². The maximum absolute atomic E-state index is 12.0. The summed E-state index contributed by atoms with van der Waals surface area (Å²) in [4.78, 5) is 3.63. The average Bonchev–Trinajstić information content (AvgIpc) is 2.31. The molecule has 3 nitrogen and oxygen atoms in total. The van der Waals surface area contributed by atoms with E-state index in [9.17, 15) is 8.78 Å². The number of rotatable bonds is 2. The third kappa shape index (κ3) is 1.53. The van der Waals surface area contributed by atoms with Gasteiger partial charge < -0.3 is 0 Å². The van der Waals surface area contributed by atoms with E-state index in [1.165, 1.54) is 4.68 Å². The van der Waals surface area contributed by atoms with Crippen molar-refractivity contribution in [2.75, 3.05) is 0 Å². The molecule has 0 saturated heterocycles. The predicted molar refractivity (Wildman–Crippen MR) is 35.3 cm³/mol. The van der Waals surface area contributed by atoms with E-state index < -0.39 is 6.43 Å². The maximum Gasteiger partial charge on any atom is 0.299 e. The standard InChI is InChI=1S/C6H9F2N3/c1-3-4-9-6(5(7)8)10-11(4)2/h5H,3H2,1-2H3. The van der Waals surface area contributed by atoms with Crippen LogP contribution in [0.1, 0.15) is 25.0 Å². The fourth-order valence-corrected chi connectivity index (χ4v) is 0.839. The van der Waals surface area contributed by atoms with Crippen LogP contribution in [0.3, 0.4) is 0 Å². The van der Waals surface area contributed by atoms with Gasteiger partial charge in [0.15, 0.2) is 0 Å². The monoisotopic (exact) mass is 161 g/mol.